The van der Waals surface area contributed by atoms with Crippen LogP contribution in [0.4, 0.5) is 10.6 Å². The number of amides is 2. The topological polar surface area (TPSA) is 145 Å². The zero-order valence-electron chi connectivity index (χ0n) is 30.9. The van der Waals surface area contributed by atoms with E-state index in [2.05, 4.69) is 65.4 Å². The maximum Gasteiger partial charge on any atom is 0.320 e. The van der Waals surface area contributed by atoms with Gasteiger partial charge in [-0.05, 0) is 101 Å². The molecular weight excluding hydrogens is 655 g/mol. The molecule has 13 nitrogen and oxygen atoms in total. The molecule has 1 aromatic carbocycles. The fraction of sp³-hybridized carbons (Fsp3) is 0.513. The van der Waals surface area contributed by atoms with E-state index >= 15 is 0 Å². The number of rotatable bonds is 9. The summed E-state index contributed by atoms with van der Waals surface area (Å²) >= 11 is 0. The predicted octanol–water partition coefficient (Wildman–Crippen LogP) is 6.39. The number of benzene rings is 1. The molecule has 0 spiro atoms. The molecule has 0 bridgehead atoms. The summed E-state index contributed by atoms with van der Waals surface area (Å²) in [5.41, 5.74) is 3.97. The standard InChI is InChI=1S/C39H53N11O2/c1-26(2)34-22-37(50(45-34)29-23-42-47(24-29)21-20-46-18-7-8-19-46)44-39(51)43-33-15-16-35(32-13-6-5-12-31(32)33)52-30-14-17-36(40)48(25-30)38(41)49-27(3)10-9-11-28(49)4/h5-6,12-14,17,22-28,33,35,40-41H,7-11,15-16,18-21H2,1-4H3,(H2,43,44,51)/t27-,28+,33?,35-/m1/s1. The normalized spacial score (nSPS) is 22.0. The average Bonchev–Trinajstić information content (AvgIpc) is 3.91. The van der Waals surface area contributed by atoms with Crippen molar-refractivity contribution < 1.29 is 9.53 Å². The van der Waals surface area contributed by atoms with Gasteiger partial charge in [0.15, 0.2) is 0 Å². The Hall–Kier alpha value is -4.91. The lowest BCUT2D eigenvalue weighted by Gasteiger charge is -2.41. The van der Waals surface area contributed by atoms with Gasteiger partial charge in [-0.1, -0.05) is 38.1 Å². The summed E-state index contributed by atoms with van der Waals surface area (Å²) < 4.78 is 11.9. The third kappa shape index (κ3) is 7.64. The Kier molecular flexibility index (Phi) is 10.5. The number of hydrogen-bond acceptors (Lipinski definition) is 7. The number of nitrogens with one attached hydrogen (secondary N) is 4. The SMILES string of the molecule is CC(C)c1cc(NC(=O)NC2CC[C@@H](Oc3ccc(=N)n(C(=N)N4[C@H](C)CCC[C@@H]4C)c3)c3ccccc32)n(-c2cnn(CCN3CCCC3)c2)n1. The van der Waals surface area contributed by atoms with Gasteiger partial charge < -0.3 is 19.9 Å². The van der Waals surface area contributed by atoms with Crippen molar-refractivity contribution in [3.05, 3.63) is 83.4 Å². The van der Waals surface area contributed by atoms with Crippen molar-refractivity contribution in [1.29, 1.82) is 10.8 Å². The van der Waals surface area contributed by atoms with E-state index in [1.807, 2.05) is 29.1 Å². The average molecular weight is 708 g/mol. The van der Waals surface area contributed by atoms with Crippen LogP contribution in [0, 0.1) is 10.8 Å². The van der Waals surface area contributed by atoms with Gasteiger partial charge in [0, 0.05) is 24.7 Å². The molecule has 2 amide bonds. The van der Waals surface area contributed by atoms with Gasteiger partial charge in [-0.2, -0.15) is 10.2 Å². The summed E-state index contributed by atoms with van der Waals surface area (Å²) in [6.07, 6.45) is 12.5. The summed E-state index contributed by atoms with van der Waals surface area (Å²) in [4.78, 5) is 18.2. The zero-order valence-corrected chi connectivity index (χ0v) is 30.9. The highest BCUT2D eigenvalue weighted by molar-refractivity contribution is 5.89. The first-order chi connectivity index (χ1) is 25.1. The van der Waals surface area contributed by atoms with Gasteiger partial charge in [0.1, 0.15) is 28.8 Å². The molecule has 52 heavy (non-hydrogen) atoms. The van der Waals surface area contributed by atoms with Crippen LogP contribution in [-0.2, 0) is 6.54 Å². The second-order valence-electron chi connectivity index (χ2n) is 15.0. The van der Waals surface area contributed by atoms with Crippen LogP contribution in [0.5, 0.6) is 5.75 Å². The Morgan fingerprint density at radius 3 is 2.46 bits per heavy atom. The van der Waals surface area contributed by atoms with Crippen LogP contribution in [0.3, 0.4) is 0 Å². The summed E-state index contributed by atoms with van der Waals surface area (Å²) in [5, 5.41) is 33.3. The number of nitrogens with zero attached hydrogens (tertiary/aromatic N) is 7. The van der Waals surface area contributed by atoms with E-state index in [-0.39, 0.29) is 41.7 Å². The van der Waals surface area contributed by atoms with E-state index in [1.165, 1.54) is 12.8 Å². The van der Waals surface area contributed by atoms with Gasteiger partial charge in [-0.3, -0.25) is 25.4 Å². The van der Waals surface area contributed by atoms with Crippen LogP contribution >= 0.6 is 0 Å². The van der Waals surface area contributed by atoms with Crippen LogP contribution in [0.25, 0.3) is 5.69 Å². The lowest BCUT2D eigenvalue weighted by atomic mass is 9.85. The molecule has 0 saturated carbocycles. The molecule has 5 heterocycles. The van der Waals surface area contributed by atoms with E-state index in [0.717, 1.165) is 67.9 Å². The number of likely N-dealkylation sites (tertiary alicyclic amines) is 2. The fourth-order valence-corrected chi connectivity index (χ4v) is 7.99. The van der Waals surface area contributed by atoms with Gasteiger partial charge in [0.2, 0.25) is 5.96 Å². The quantitative estimate of drug-likeness (QED) is 0.117. The maximum atomic E-state index is 13.6. The Morgan fingerprint density at radius 2 is 1.71 bits per heavy atom. The number of urea groups is 1. The van der Waals surface area contributed by atoms with Crippen LogP contribution in [-0.4, -0.2) is 77.6 Å². The Balaban J connectivity index is 1.04. The number of hydrogen-bond donors (Lipinski definition) is 4. The Bertz CT molecular complexity index is 1930. The van der Waals surface area contributed by atoms with E-state index in [9.17, 15) is 4.79 Å². The summed E-state index contributed by atoms with van der Waals surface area (Å²) in [7, 11) is 0. The van der Waals surface area contributed by atoms with E-state index < -0.39 is 0 Å². The Morgan fingerprint density at radius 1 is 0.962 bits per heavy atom. The molecule has 1 unspecified atom stereocenters. The first-order valence-electron chi connectivity index (χ1n) is 19.0. The molecule has 276 valence electrons. The van der Waals surface area contributed by atoms with Crippen molar-refractivity contribution in [3.63, 3.8) is 0 Å². The van der Waals surface area contributed by atoms with Crippen LogP contribution in [0.2, 0.25) is 0 Å². The minimum atomic E-state index is -0.302. The number of carbonyl (C=O) groups is 1. The predicted molar refractivity (Wildman–Crippen MR) is 201 cm³/mol. The van der Waals surface area contributed by atoms with Crippen molar-refractivity contribution in [1.82, 2.24) is 39.2 Å². The van der Waals surface area contributed by atoms with E-state index in [0.29, 0.717) is 30.4 Å². The molecular formula is C39H53N11O2. The number of ether oxygens (including phenoxy) is 1. The minimum Gasteiger partial charge on any atom is -0.484 e. The lowest BCUT2D eigenvalue weighted by Crippen LogP contribution is -2.51. The zero-order chi connectivity index (χ0) is 36.4. The molecule has 13 heteroatoms. The molecule has 2 fully saturated rings. The fourth-order valence-electron chi connectivity index (χ4n) is 7.99. The third-order valence-electron chi connectivity index (χ3n) is 10.9. The molecule has 7 rings (SSSR count). The first kappa shape index (κ1) is 35.5. The second kappa shape index (κ2) is 15.4. The number of fused-ring (bicyclic) bond motifs is 1. The minimum absolute atomic E-state index is 0.187. The molecule has 2 saturated heterocycles. The number of carbonyl (C=O) groups excluding carboxylic acids is 1. The summed E-state index contributed by atoms with van der Waals surface area (Å²) in [6, 6.07) is 13.5. The van der Waals surface area contributed by atoms with Gasteiger partial charge in [0.25, 0.3) is 0 Å². The number of pyridine rings is 1. The molecule has 3 aromatic heterocycles. The number of aromatic nitrogens is 5. The first-order valence-corrected chi connectivity index (χ1v) is 19.0. The van der Waals surface area contributed by atoms with Crippen molar-refractivity contribution in [2.24, 2.45) is 0 Å². The molecule has 4 atom stereocenters. The van der Waals surface area contributed by atoms with Crippen LogP contribution < -0.4 is 20.9 Å². The summed E-state index contributed by atoms with van der Waals surface area (Å²) in [5.74, 6) is 1.69. The van der Waals surface area contributed by atoms with Crippen LogP contribution in [0.15, 0.2) is 61.1 Å². The molecule has 0 radical (unpaired) electrons. The van der Waals surface area contributed by atoms with E-state index in [4.69, 9.17) is 20.7 Å². The largest absolute Gasteiger partial charge is 0.484 e. The molecule has 1 aliphatic carbocycles. The second-order valence-corrected chi connectivity index (χ2v) is 15.0. The highest BCUT2D eigenvalue weighted by atomic mass is 16.5. The van der Waals surface area contributed by atoms with Crippen molar-refractivity contribution in [2.75, 3.05) is 25.0 Å². The smallest absolute Gasteiger partial charge is 0.320 e. The lowest BCUT2D eigenvalue weighted by molar-refractivity contribution is 0.170. The highest BCUT2D eigenvalue weighted by Gasteiger charge is 2.31. The number of anilines is 1. The monoisotopic (exact) mass is 707 g/mol. The molecule has 2 aliphatic heterocycles. The summed E-state index contributed by atoms with van der Waals surface area (Å²) in [6.45, 7) is 12.6. The van der Waals surface area contributed by atoms with Gasteiger partial charge in [0.05, 0.1) is 36.9 Å². The molecule has 4 aromatic rings. The van der Waals surface area contributed by atoms with Crippen molar-refractivity contribution >= 4 is 17.8 Å². The number of piperidine rings is 1. The van der Waals surface area contributed by atoms with Gasteiger partial charge >= 0.3 is 6.03 Å². The van der Waals surface area contributed by atoms with E-state index in [1.54, 1.807) is 33.8 Å². The Labute approximate surface area is 306 Å². The van der Waals surface area contributed by atoms with Gasteiger partial charge in [-0.25, -0.2) is 9.48 Å². The molecule has 3 aliphatic rings. The molecule has 4 N–H and O–H groups in total. The maximum absolute atomic E-state index is 13.6. The third-order valence-corrected chi connectivity index (χ3v) is 10.9. The van der Waals surface area contributed by atoms with Gasteiger partial charge in [-0.15, -0.1) is 0 Å². The van der Waals surface area contributed by atoms with Crippen LogP contribution in [0.1, 0.15) is 108 Å². The van der Waals surface area contributed by atoms with Crippen molar-refractivity contribution in [2.45, 2.75) is 109 Å². The van der Waals surface area contributed by atoms with Crippen molar-refractivity contribution in [3.8, 4) is 11.4 Å². The highest BCUT2D eigenvalue weighted by Crippen LogP contribution is 2.39.